The molecule has 0 radical (unpaired) electrons. The summed E-state index contributed by atoms with van der Waals surface area (Å²) in [6, 6.07) is 7.22. The van der Waals surface area contributed by atoms with Crippen molar-refractivity contribution in [3.63, 3.8) is 0 Å². The van der Waals surface area contributed by atoms with Crippen LogP contribution in [0.2, 0.25) is 0 Å². The summed E-state index contributed by atoms with van der Waals surface area (Å²) in [4.78, 5) is 19.1. The summed E-state index contributed by atoms with van der Waals surface area (Å²) in [6.45, 7) is 1.15. The first-order valence-electron chi connectivity index (χ1n) is 9.63. The molecule has 0 spiro atoms. The van der Waals surface area contributed by atoms with Gasteiger partial charge in [0, 0.05) is 12.2 Å². The number of nitrogens with one attached hydrogen (secondary N) is 1. The van der Waals surface area contributed by atoms with Crippen LogP contribution in [0.3, 0.4) is 0 Å². The first kappa shape index (κ1) is 17.3. The van der Waals surface area contributed by atoms with Crippen LogP contribution in [0.4, 0.5) is 5.95 Å². The van der Waals surface area contributed by atoms with Gasteiger partial charge in [-0.2, -0.15) is 0 Å². The fourth-order valence-electron chi connectivity index (χ4n) is 3.59. The van der Waals surface area contributed by atoms with Crippen LogP contribution in [-0.4, -0.2) is 39.5 Å². The van der Waals surface area contributed by atoms with Crippen LogP contribution in [0, 0.1) is 0 Å². The average Bonchev–Trinajstić information content (AvgIpc) is 3.18. The van der Waals surface area contributed by atoms with E-state index in [-0.39, 0.29) is 0 Å². The first-order chi connectivity index (χ1) is 13.3. The lowest BCUT2D eigenvalue weighted by atomic mass is 10.0. The highest BCUT2D eigenvalue weighted by Gasteiger charge is 2.27. The first-order valence-corrected chi connectivity index (χ1v) is 11.3. The van der Waals surface area contributed by atoms with E-state index in [0.29, 0.717) is 12.1 Å². The fraction of sp³-hybridized carbons (Fsp3) is 0.450. The second kappa shape index (κ2) is 7.30. The van der Waals surface area contributed by atoms with Gasteiger partial charge < -0.3 is 5.32 Å². The molecule has 3 aromatic rings. The van der Waals surface area contributed by atoms with Gasteiger partial charge in [-0.05, 0) is 56.8 Å². The lowest BCUT2D eigenvalue weighted by molar-refractivity contribution is 0.187. The predicted octanol–water partition coefficient (Wildman–Crippen LogP) is 5.06. The standard InChI is InChI=1S/C20H23N5S2/c1-25-11-3-2-5-15(25)19-24-17(16-6-4-12-26-16)18(27-19)14-9-10-21-20(23-14)22-13-7-8-13/h4,6,9-10,12-13,15H,2-3,5,7-8,11H2,1H3,(H,21,22,23). The second-order valence-corrected chi connectivity index (χ2v) is 9.36. The molecule has 1 N–H and O–H groups in total. The van der Waals surface area contributed by atoms with E-state index in [1.807, 2.05) is 12.3 Å². The molecule has 1 saturated carbocycles. The highest BCUT2D eigenvalue weighted by Crippen LogP contribution is 2.42. The topological polar surface area (TPSA) is 53.9 Å². The van der Waals surface area contributed by atoms with Gasteiger partial charge in [-0.25, -0.2) is 15.0 Å². The van der Waals surface area contributed by atoms with Gasteiger partial charge in [0.05, 0.1) is 21.5 Å². The number of thiazole rings is 1. The van der Waals surface area contributed by atoms with E-state index < -0.39 is 0 Å². The van der Waals surface area contributed by atoms with Crippen molar-refractivity contribution in [1.29, 1.82) is 0 Å². The van der Waals surface area contributed by atoms with E-state index >= 15 is 0 Å². The summed E-state index contributed by atoms with van der Waals surface area (Å²) < 4.78 is 0. The number of nitrogens with zero attached hydrogens (tertiary/aromatic N) is 4. The lowest BCUT2D eigenvalue weighted by Crippen LogP contribution is -2.29. The largest absolute Gasteiger partial charge is 0.351 e. The van der Waals surface area contributed by atoms with Crippen molar-refractivity contribution in [3.05, 3.63) is 34.8 Å². The van der Waals surface area contributed by atoms with Gasteiger partial charge in [-0.1, -0.05) is 12.5 Å². The Morgan fingerprint density at radius 1 is 1.15 bits per heavy atom. The summed E-state index contributed by atoms with van der Waals surface area (Å²) in [6.07, 6.45) is 8.04. The van der Waals surface area contributed by atoms with Crippen molar-refractivity contribution in [3.8, 4) is 21.1 Å². The highest BCUT2D eigenvalue weighted by molar-refractivity contribution is 7.17. The van der Waals surface area contributed by atoms with Crippen molar-refractivity contribution < 1.29 is 0 Å². The quantitative estimate of drug-likeness (QED) is 0.652. The van der Waals surface area contributed by atoms with E-state index in [0.717, 1.165) is 28.8 Å². The fourth-order valence-corrected chi connectivity index (χ4v) is 5.62. The van der Waals surface area contributed by atoms with Crippen molar-refractivity contribution >= 4 is 28.6 Å². The van der Waals surface area contributed by atoms with E-state index in [2.05, 4.69) is 39.8 Å². The third-order valence-electron chi connectivity index (χ3n) is 5.25. The van der Waals surface area contributed by atoms with Crippen LogP contribution >= 0.6 is 22.7 Å². The number of anilines is 1. The number of thiophene rings is 1. The molecule has 5 rings (SSSR count). The Balaban J connectivity index is 1.55. The molecule has 5 nitrogen and oxygen atoms in total. The lowest BCUT2D eigenvalue weighted by Gasteiger charge is -2.30. The third-order valence-corrected chi connectivity index (χ3v) is 7.31. The number of hydrogen-bond donors (Lipinski definition) is 1. The molecule has 27 heavy (non-hydrogen) atoms. The van der Waals surface area contributed by atoms with Crippen molar-refractivity contribution in [2.24, 2.45) is 0 Å². The summed E-state index contributed by atoms with van der Waals surface area (Å²) in [5.74, 6) is 0.733. The van der Waals surface area contributed by atoms with Crippen LogP contribution < -0.4 is 5.32 Å². The second-order valence-electron chi connectivity index (χ2n) is 7.38. The molecule has 1 aliphatic heterocycles. The normalized spacial score (nSPS) is 20.7. The van der Waals surface area contributed by atoms with Crippen LogP contribution in [0.25, 0.3) is 21.1 Å². The van der Waals surface area contributed by atoms with Crippen molar-refractivity contribution in [2.45, 2.75) is 44.2 Å². The van der Waals surface area contributed by atoms with Crippen molar-refractivity contribution in [2.75, 3.05) is 18.9 Å². The Bertz CT molecular complexity index is 916. The molecule has 3 aromatic heterocycles. The van der Waals surface area contributed by atoms with Gasteiger partial charge in [0.2, 0.25) is 5.95 Å². The van der Waals surface area contributed by atoms with Crippen LogP contribution in [0.5, 0.6) is 0 Å². The van der Waals surface area contributed by atoms with Crippen LogP contribution in [-0.2, 0) is 0 Å². The average molecular weight is 398 g/mol. The highest BCUT2D eigenvalue weighted by atomic mass is 32.1. The molecule has 7 heteroatoms. The molecule has 0 amide bonds. The van der Waals surface area contributed by atoms with E-state index in [1.54, 1.807) is 22.7 Å². The molecule has 0 bridgehead atoms. The minimum Gasteiger partial charge on any atom is -0.351 e. The maximum atomic E-state index is 5.11. The Labute approximate surface area is 167 Å². The Hall–Kier alpha value is -1.83. The Morgan fingerprint density at radius 3 is 2.85 bits per heavy atom. The van der Waals surface area contributed by atoms with Gasteiger partial charge >= 0.3 is 0 Å². The number of piperidine rings is 1. The Morgan fingerprint density at radius 2 is 2.07 bits per heavy atom. The monoisotopic (exact) mass is 397 g/mol. The summed E-state index contributed by atoms with van der Waals surface area (Å²) in [5.41, 5.74) is 2.04. The van der Waals surface area contributed by atoms with Crippen LogP contribution in [0.15, 0.2) is 29.8 Å². The summed E-state index contributed by atoms with van der Waals surface area (Å²) in [7, 11) is 2.22. The van der Waals surface area contributed by atoms with Gasteiger partial charge in [0.15, 0.2) is 0 Å². The number of aromatic nitrogens is 3. The minimum absolute atomic E-state index is 0.419. The molecule has 1 aliphatic carbocycles. The number of hydrogen-bond acceptors (Lipinski definition) is 7. The molecule has 1 saturated heterocycles. The van der Waals surface area contributed by atoms with Gasteiger partial charge in [-0.15, -0.1) is 22.7 Å². The SMILES string of the molecule is CN1CCCCC1c1nc(-c2cccs2)c(-c2ccnc(NC3CC3)n2)s1. The van der Waals surface area contributed by atoms with Gasteiger partial charge in [0.1, 0.15) is 10.7 Å². The molecule has 2 fully saturated rings. The van der Waals surface area contributed by atoms with E-state index in [1.165, 1.54) is 42.0 Å². The predicted molar refractivity (Wildman–Crippen MR) is 112 cm³/mol. The van der Waals surface area contributed by atoms with E-state index in [9.17, 15) is 0 Å². The zero-order chi connectivity index (χ0) is 18.2. The smallest absolute Gasteiger partial charge is 0.223 e. The third kappa shape index (κ3) is 3.63. The zero-order valence-electron chi connectivity index (χ0n) is 15.4. The molecule has 4 heterocycles. The van der Waals surface area contributed by atoms with Crippen LogP contribution in [0.1, 0.15) is 43.2 Å². The maximum Gasteiger partial charge on any atom is 0.223 e. The zero-order valence-corrected chi connectivity index (χ0v) is 17.0. The molecule has 2 aliphatic rings. The molecule has 140 valence electrons. The molecular formula is C20H23N5S2. The minimum atomic E-state index is 0.419. The van der Waals surface area contributed by atoms with Gasteiger partial charge in [0.25, 0.3) is 0 Å². The Kier molecular flexibility index (Phi) is 4.67. The van der Waals surface area contributed by atoms with Gasteiger partial charge in [-0.3, -0.25) is 4.90 Å². The molecule has 1 unspecified atom stereocenters. The maximum absolute atomic E-state index is 5.11. The molecule has 0 aromatic carbocycles. The number of likely N-dealkylation sites (tertiary alicyclic amines) is 1. The van der Waals surface area contributed by atoms with E-state index in [4.69, 9.17) is 9.97 Å². The molecule has 1 atom stereocenters. The number of rotatable bonds is 5. The van der Waals surface area contributed by atoms with Crippen molar-refractivity contribution in [1.82, 2.24) is 19.9 Å². The summed E-state index contributed by atoms with van der Waals surface area (Å²) >= 11 is 3.54. The summed E-state index contributed by atoms with van der Waals surface area (Å²) in [5, 5.41) is 6.74. The molecular weight excluding hydrogens is 374 g/mol.